The summed E-state index contributed by atoms with van der Waals surface area (Å²) in [5.74, 6) is -0.0463. The van der Waals surface area contributed by atoms with Crippen molar-refractivity contribution >= 4 is 18.3 Å². The smallest absolute Gasteiger partial charge is 0.224 e. The zero-order chi connectivity index (χ0) is 16.9. The first-order valence-corrected chi connectivity index (χ1v) is 8.66. The third-order valence-electron chi connectivity index (χ3n) is 4.97. The van der Waals surface area contributed by atoms with Gasteiger partial charge in [0.15, 0.2) is 0 Å². The molecule has 1 amide bonds. The Kier molecular flexibility index (Phi) is 7.62. The summed E-state index contributed by atoms with van der Waals surface area (Å²) >= 11 is 0. The number of carbonyl (C=O) groups is 1. The second kappa shape index (κ2) is 9.48. The number of hydrogen-bond acceptors (Lipinski definition) is 4. The van der Waals surface area contributed by atoms with Crippen molar-refractivity contribution in [1.29, 1.82) is 0 Å². The Morgan fingerprint density at radius 2 is 2.00 bits per heavy atom. The molecule has 0 aliphatic carbocycles. The van der Waals surface area contributed by atoms with Crippen molar-refractivity contribution in [1.82, 2.24) is 10.2 Å². The summed E-state index contributed by atoms with van der Waals surface area (Å²) in [6, 6.07) is 6.11. The molecule has 25 heavy (non-hydrogen) atoms. The number of aliphatic hydroxyl groups excluding tert-OH is 1. The van der Waals surface area contributed by atoms with Crippen LogP contribution in [0.15, 0.2) is 24.3 Å². The zero-order valence-electron chi connectivity index (χ0n) is 14.2. The van der Waals surface area contributed by atoms with Gasteiger partial charge in [-0.2, -0.15) is 0 Å². The van der Waals surface area contributed by atoms with Crippen molar-refractivity contribution < 1.29 is 19.0 Å². The minimum absolute atomic E-state index is 0. The second-order valence-electron chi connectivity index (χ2n) is 6.64. The molecule has 2 fully saturated rings. The molecule has 0 aromatic heterocycles. The molecule has 0 radical (unpaired) electrons. The number of carbonyl (C=O) groups excluding carboxylic acids is 1. The van der Waals surface area contributed by atoms with E-state index in [1.54, 1.807) is 12.1 Å². The van der Waals surface area contributed by atoms with Crippen molar-refractivity contribution in [2.75, 3.05) is 32.8 Å². The number of halogens is 2. The van der Waals surface area contributed by atoms with Crippen LogP contribution in [-0.4, -0.2) is 54.8 Å². The lowest BCUT2D eigenvalue weighted by Crippen LogP contribution is -2.46. The van der Waals surface area contributed by atoms with Crippen LogP contribution in [0.4, 0.5) is 4.39 Å². The van der Waals surface area contributed by atoms with E-state index in [2.05, 4.69) is 5.32 Å². The number of hydrogen-bond donors (Lipinski definition) is 2. The molecule has 2 unspecified atom stereocenters. The first-order chi connectivity index (χ1) is 11.6. The van der Waals surface area contributed by atoms with E-state index in [9.17, 15) is 14.3 Å². The molecule has 0 saturated carbocycles. The Morgan fingerprint density at radius 3 is 2.60 bits per heavy atom. The standard InChI is InChI=1S/C18H25FN2O3.ClH/c19-15-3-1-13(2-4-15)18(23)14-5-8-21(9-6-14)17(22)11-16-12-24-10-7-20-16;/h1-4,14,16,18,20,23H,5-12H2;1H. The molecule has 2 heterocycles. The maximum Gasteiger partial charge on any atom is 0.224 e. The number of likely N-dealkylation sites (tertiary alicyclic amines) is 1. The lowest BCUT2D eigenvalue weighted by Gasteiger charge is -2.35. The molecule has 2 aliphatic rings. The second-order valence-corrected chi connectivity index (χ2v) is 6.64. The fourth-order valence-electron chi connectivity index (χ4n) is 3.49. The van der Waals surface area contributed by atoms with Crippen molar-refractivity contribution in [2.45, 2.75) is 31.4 Å². The maximum absolute atomic E-state index is 13.0. The lowest BCUT2D eigenvalue weighted by atomic mass is 9.87. The van der Waals surface area contributed by atoms with Gasteiger partial charge in [-0.1, -0.05) is 12.1 Å². The fourth-order valence-corrected chi connectivity index (χ4v) is 3.49. The van der Waals surface area contributed by atoms with Gasteiger partial charge in [0.05, 0.1) is 19.3 Å². The third kappa shape index (κ3) is 5.38. The van der Waals surface area contributed by atoms with E-state index < -0.39 is 6.10 Å². The molecule has 0 spiro atoms. The van der Waals surface area contributed by atoms with Crippen molar-refractivity contribution in [3.63, 3.8) is 0 Å². The van der Waals surface area contributed by atoms with Crippen LogP contribution < -0.4 is 5.32 Å². The van der Waals surface area contributed by atoms with Crippen molar-refractivity contribution in [3.05, 3.63) is 35.6 Å². The average Bonchev–Trinajstić information content (AvgIpc) is 2.63. The van der Waals surface area contributed by atoms with Crippen LogP contribution in [-0.2, 0) is 9.53 Å². The number of amides is 1. The van der Waals surface area contributed by atoms with E-state index in [0.29, 0.717) is 32.7 Å². The summed E-state index contributed by atoms with van der Waals surface area (Å²) in [7, 11) is 0. The lowest BCUT2D eigenvalue weighted by molar-refractivity contribution is -0.134. The molecule has 2 N–H and O–H groups in total. The van der Waals surface area contributed by atoms with E-state index >= 15 is 0 Å². The number of piperidine rings is 1. The first kappa shape index (κ1) is 20.1. The fraction of sp³-hybridized carbons (Fsp3) is 0.611. The van der Waals surface area contributed by atoms with Crippen LogP contribution in [0.3, 0.4) is 0 Å². The van der Waals surface area contributed by atoms with E-state index in [1.807, 2.05) is 4.90 Å². The summed E-state index contributed by atoms with van der Waals surface area (Å²) in [6.45, 7) is 3.41. The van der Waals surface area contributed by atoms with Gasteiger partial charge >= 0.3 is 0 Å². The number of morpholine rings is 1. The predicted molar refractivity (Wildman–Crippen MR) is 95.1 cm³/mol. The highest BCUT2D eigenvalue weighted by atomic mass is 35.5. The Bertz CT molecular complexity index is 544. The monoisotopic (exact) mass is 372 g/mol. The normalized spacial score (nSPS) is 23.0. The van der Waals surface area contributed by atoms with Gasteiger partial charge in [0, 0.05) is 32.1 Å². The van der Waals surface area contributed by atoms with E-state index in [0.717, 1.165) is 24.9 Å². The van der Waals surface area contributed by atoms with Gasteiger partial charge in [0.25, 0.3) is 0 Å². The molecular weight excluding hydrogens is 347 g/mol. The van der Waals surface area contributed by atoms with E-state index in [-0.39, 0.29) is 36.1 Å². The molecule has 2 aliphatic heterocycles. The van der Waals surface area contributed by atoms with Gasteiger partial charge in [-0.3, -0.25) is 4.79 Å². The number of nitrogens with one attached hydrogen (secondary N) is 1. The number of rotatable bonds is 4. The Labute approximate surface area is 153 Å². The van der Waals surface area contributed by atoms with Crippen LogP contribution in [0.25, 0.3) is 0 Å². The Hall–Kier alpha value is -1.21. The summed E-state index contributed by atoms with van der Waals surface area (Å²) in [5, 5.41) is 13.8. The highest BCUT2D eigenvalue weighted by Gasteiger charge is 2.29. The first-order valence-electron chi connectivity index (χ1n) is 8.66. The number of aliphatic hydroxyl groups is 1. The highest BCUT2D eigenvalue weighted by molar-refractivity contribution is 5.85. The minimum atomic E-state index is -0.601. The average molecular weight is 373 g/mol. The van der Waals surface area contributed by atoms with E-state index in [4.69, 9.17) is 4.74 Å². The van der Waals surface area contributed by atoms with Crippen LogP contribution in [0.5, 0.6) is 0 Å². The molecule has 7 heteroatoms. The number of benzene rings is 1. The van der Waals surface area contributed by atoms with Crippen molar-refractivity contribution in [2.24, 2.45) is 5.92 Å². The Morgan fingerprint density at radius 1 is 1.32 bits per heavy atom. The molecule has 1 aromatic carbocycles. The van der Waals surface area contributed by atoms with Crippen LogP contribution in [0.2, 0.25) is 0 Å². The SMILES string of the molecule is Cl.O=C(CC1COCCN1)N1CCC(C(O)c2ccc(F)cc2)CC1. The molecule has 3 rings (SSSR count). The summed E-state index contributed by atoms with van der Waals surface area (Å²) < 4.78 is 18.4. The van der Waals surface area contributed by atoms with Gasteiger partial charge in [-0.25, -0.2) is 4.39 Å². The quantitative estimate of drug-likeness (QED) is 0.847. The summed E-state index contributed by atoms with van der Waals surface area (Å²) in [4.78, 5) is 14.3. The van der Waals surface area contributed by atoms with Crippen molar-refractivity contribution in [3.8, 4) is 0 Å². The van der Waals surface area contributed by atoms with Gasteiger partial charge in [0.1, 0.15) is 5.82 Å². The molecule has 2 saturated heterocycles. The highest BCUT2D eigenvalue weighted by Crippen LogP contribution is 2.31. The molecule has 5 nitrogen and oxygen atoms in total. The molecule has 0 bridgehead atoms. The summed E-state index contributed by atoms with van der Waals surface area (Å²) in [6.07, 6.45) is 1.39. The van der Waals surface area contributed by atoms with Gasteiger partial charge in [-0.05, 0) is 36.5 Å². The number of ether oxygens (including phenoxy) is 1. The minimum Gasteiger partial charge on any atom is -0.388 e. The molecule has 140 valence electrons. The molecule has 2 atom stereocenters. The van der Waals surface area contributed by atoms with Crippen LogP contribution >= 0.6 is 12.4 Å². The molecular formula is C18H26ClFN2O3. The largest absolute Gasteiger partial charge is 0.388 e. The van der Waals surface area contributed by atoms with Crippen LogP contribution in [0, 0.1) is 11.7 Å². The maximum atomic E-state index is 13.0. The Balaban J connectivity index is 0.00000225. The van der Waals surface area contributed by atoms with Gasteiger partial charge in [-0.15, -0.1) is 12.4 Å². The third-order valence-corrected chi connectivity index (χ3v) is 4.97. The van der Waals surface area contributed by atoms with Crippen LogP contribution in [0.1, 0.15) is 30.9 Å². The number of nitrogens with zero attached hydrogens (tertiary/aromatic N) is 1. The van der Waals surface area contributed by atoms with Gasteiger partial charge < -0.3 is 20.1 Å². The zero-order valence-corrected chi connectivity index (χ0v) is 15.0. The van der Waals surface area contributed by atoms with Gasteiger partial charge in [0.2, 0.25) is 5.91 Å². The van der Waals surface area contributed by atoms with E-state index in [1.165, 1.54) is 12.1 Å². The predicted octanol–water partition coefficient (Wildman–Crippen LogP) is 1.90. The topological polar surface area (TPSA) is 61.8 Å². The molecule has 1 aromatic rings. The summed E-state index contributed by atoms with van der Waals surface area (Å²) in [5.41, 5.74) is 0.740.